The van der Waals surface area contributed by atoms with Crippen molar-refractivity contribution in [1.29, 1.82) is 0 Å². The van der Waals surface area contributed by atoms with Crippen molar-refractivity contribution < 1.29 is 13.5 Å². The van der Waals surface area contributed by atoms with Gasteiger partial charge in [0.05, 0.1) is 0 Å². The van der Waals surface area contributed by atoms with E-state index < -0.39 is 6.61 Å². The molecule has 4 nitrogen and oxygen atoms in total. The number of fused-ring (bicyclic) bond motifs is 1. The molecule has 0 radical (unpaired) electrons. The van der Waals surface area contributed by atoms with E-state index in [1.807, 2.05) is 30.3 Å². The highest BCUT2D eigenvalue weighted by Crippen LogP contribution is 2.27. The topological polar surface area (TPSA) is 47.0 Å². The van der Waals surface area contributed by atoms with E-state index in [0.717, 1.165) is 5.56 Å². The summed E-state index contributed by atoms with van der Waals surface area (Å²) in [6.45, 7) is -2.24. The Morgan fingerprint density at radius 3 is 2.67 bits per heavy atom. The lowest BCUT2D eigenvalue weighted by atomic mass is 10.2. The second-order valence-electron chi connectivity index (χ2n) is 4.21. The second kappa shape index (κ2) is 6.01. The number of thiazole rings is 1. The molecule has 21 heavy (non-hydrogen) atoms. The number of nitrogens with zero attached hydrogens (tertiary/aromatic N) is 2. The van der Waals surface area contributed by atoms with Gasteiger partial charge in [0.2, 0.25) is 5.88 Å². The van der Waals surface area contributed by atoms with Crippen LogP contribution in [-0.2, 0) is 6.54 Å². The van der Waals surface area contributed by atoms with Crippen LogP contribution >= 0.6 is 11.3 Å². The molecule has 0 aliphatic rings. The van der Waals surface area contributed by atoms with Crippen molar-refractivity contribution in [2.45, 2.75) is 13.2 Å². The summed E-state index contributed by atoms with van der Waals surface area (Å²) in [5, 5.41) is 3.88. The van der Waals surface area contributed by atoms with Crippen molar-refractivity contribution in [2.75, 3.05) is 5.32 Å². The molecule has 108 valence electrons. The molecule has 0 amide bonds. The molecule has 0 aliphatic heterocycles. The standard InChI is InChI=1S/C14H11F2N3OS/c15-13(16)20-11-7-6-10-12(19-11)21-14(18-10)17-8-9-4-2-1-3-5-9/h1-7,13H,8H2,(H,17,18). The first-order valence-corrected chi connectivity index (χ1v) is 7.02. The van der Waals surface area contributed by atoms with Gasteiger partial charge in [-0.3, -0.25) is 0 Å². The maximum Gasteiger partial charge on any atom is 0.388 e. The van der Waals surface area contributed by atoms with Gasteiger partial charge in [0, 0.05) is 12.6 Å². The van der Waals surface area contributed by atoms with Crippen LogP contribution in [0.5, 0.6) is 5.88 Å². The predicted octanol–water partition coefficient (Wildman–Crippen LogP) is 3.90. The molecule has 3 aromatic rings. The predicted molar refractivity (Wildman–Crippen MR) is 77.8 cm³/mol. The van der Waals surface area contributed by atoms with Gasteiger partial charge in [-0.15, -0.1) is 0 Å². The molecule has 7 heteroatoms. The maximum absolute atomic E-state index is 12.1. The van der Waals surface area contributed by atoms with E-state index in [9.17, 15) is 8.78 Å². The SMILES string of the molecule is FC(F)Oc1ccc2nc(NCc3ccccc3)sc2n1. The van der Waals surface area contributed by atoms with Crippen LogP contribution in [0.3, 0.4) is 0 Å². The first-order valence-electron chi connectivity index (χ1n) is 6.21. The summed E-state index contributed by atoms with van der Waals surface area (Å²) in [6, 6.07) is 12.9. The van der Waals surface area contributed by atoms with E-state index >= 15 is 0 Å². The van der Waals surface area contributed by atoms with Crippen molar-refractivity contribution in [2.24, 2.45) is 0 Å². The average Bonchev–Trinajstić information content (AvgIpc) is 2.88. The van der Waals surface area contributed by atoms with Crippen molar-refractivity contribution >= 4 is 26.8 Å². The summed E-state index contributed by atoms with van der Waals surface area (Å²) >= 11 is 1.30. The van der Waals surface area contributed by atoms with Gasteiger partial charge in [0.25, 0.3) is 0 Å². The van der Waals surface area contributed by atoms with Crippen LogP contribution in [0.4, 0.5) is 13.9 Å². The number of hydrogen-bond acceptors (Lipinski definition) is 5. The number of alkyl halides is 2. The normalized spacial score (nSPS) is 11.0. The van der Waals surface area contributed by atoms with Crippen LogP contribution < -0.4 is 10.1 Å². The zero-order chi connectivity index (χ0) is 14.7. The molecule has 0 atom stereocenters. The summed E-state index contributed by atoms with van der Waals surface area (Å²) in [4.78, 5) is 8.91. The number of pyridine rings is 1. The number of halogens is 2. The van der Waals surface area contributed by atoms with E-state index in [4.69, 9.17) is 0 Å². The van der Waals surface area contributed by atoms with Crippen LogP contribution in [0.25, 0.3) is 10.3 Å². The van der Waals surface area contributed by atoms with Gasteiger partial charge in [-0.1, -0.05) is 41.7 Å². The highest BCUT2D eigenvalue weighted by atomic mass is 32.1. The van der Waals surface area contributed by atoms with Crippen molar-refractivity contribution in [3.63, 3.8) is 0 Å². The third-order valence-corrected chi connectivity index (χ3v) is 3.65. The highest BCUT2D eigenvalue weighted by Gasteiger charge is 2.09. The molecule has 0 bridgehead atoms. The van der Waals surface area contributed by atoms with Crippen LogP contribution in [-0.4, -0.2) is 16.6 Å². The van der Waals surface area contributed by atoms with E-state index in [0.29, 0.717) is 22.0 Å². The molecule has 0 spiro atoms. The third-order valence-electron chi connectivity index (χ3n) is 2.73. The maximum atomic E-state index is 12.1. The number of benzene rings is 1. The van der Waals surface area contributed by atoms with Crippen LogP contribution in [0, 0.1) is 0 Å². The van der Waals surface area contributed by atoms with E-state index in [1.54, 1.807) is 6.07 Å². The lowest BCUT2D eigenvalue weighted by Gasteiger charge is -2.01. The van der Waals surface area contributed by atoms with Gasteiger partial charge in [0.1, 0.15) is 10.3 Å². The average molecular weight is 307 g/mol. The van der Waals surface area contributed by atoms with Crippen molar-refractivity contribution in [3.8, 4) is 5.88 Å². The third kappa shape index (κ3) is 3.43. The summed E-state index contributed by atoms with van der Waals surface area (Å²) in [6.07, 6.45) is 0. The van der Waals surface area contributed by atoms with E-state index in [-0.39, 0.29) is 5.88 Å². The molecular weight excluding hydrogens is 296 g/mol. The lowest BCUT2D eigenvalue weighted by Crippen LogP contribution is -2.02. The van der Waals surface area contributed by atoms with Gasteiger partial charge in [-0.05, 0) is 11.6 Å². The monoisotopic (exact) mass is 307 g/mol. The van der Waals surface area contributed by atoms with Gasteiger partial charge in [0.15, 0.2) is 5.13 Å². The number of aromatic nitrogens is 2. The van der Waals surface area contributed by atoms with Crippen molar-refractivity contribution in [3.05, 3.63) is 48.0 Å². The summed E-state index contributed by atoms with van der Waals surface area (Å²) in [7, 11) is 0. The van der Waals surface area contributed by atoms with E-state index in [2.05, 4.69) is 20.0 Å². The van der Waals surface area contributed by atoms with Crippen LogP contribution in [0.2, 0.25) is 0 Å². The number of nitrogens with one attached hydrogen (secondary N) is 1. The quantitative estimate of drug-likeness (QED) is 0.776. The van der Waals surface area contributed by atoms with Gasteiger partial charge < -0.3 is 10.1 Å². The molecule has 0 saturated heterocycles. The zero-order valence-electron chi connectivity index (χ0n) is 10.8. The first kappa shape index (κ1) is 13.7. The fourth-order valence-electron chi connectivity index (χ4n) is 1.81. The molecule has 1 aromatic carbocycles. The smallest absolute Gasteiger partial charge is 0.388 e. The Bertz CT molecular complexity index is 733. The minimum atomic E-state index is -2.88. The second-order valence-corrected chi connectivity index (χ2v) is 5.19. The Morgan fingerprint density at radius 1 is 1.10 bits per heavy atom. The first-order chi connectivity index (χ1) is 10.2. The highest BCUT2D eigenvalue weighted by molar-refractivity contribution is 7.21. The van der Waals surface area contributed by atoms with Gasteiger partial charge in [-0.25, -0.2) is 9.97 Å². The molecule has 2 heterocycles. The Morgan fingerprint density at radius 2 is 1.90 bits per heavy atom. The minimum Gasteiger partial charge on any atom is -0.417 e. The fourth-order valence-corrected chi connectivity index (χ4v) is 2.63. The molecule has 0 saturated carbocycles. The number of hydrogen-bond donors (Lipinski definition) is 1. The molecule has 1 N–H and O–H groups in total. The number of anilines is 1. The van der Waals surface area contributed by atoms with Gasteiger partial charge >= 0.3 is 6.61 Å². The Kier molecular flexibility index (Phi) is 3.92. The number of ether oxygens (including phenoxy) is 1. The Balaban J connectivity index is 1.74. The molecule has 3 rings (SSSR count). The summed E-state index contributed by atoms with van der Waals surface area (Å²) in [5.41, 5.74) is 1.78. The lowest BCUT2D eigenvalue weighted by molar-refractivity contribution is -0.0526. The van der Waals surface area contributed by atoms with E-state index in [1.165, 1.54) is 17.4 Å². The van der Waals surface area contributed by atoms with Gasteiger partial charge in [-0.2, -0.15) is 8.78 Å². The molecule has 0 fully saturated rings. The largest absolute Gasteiger partial charge is 0.417 e. The molecular formula is C14H11F2N3OS. The summed E-state index contributed by atoms with van der Waals surface area (Å²) < 4.78 is 28.6. The van der Waals surface area contributed by atoms with Crippen LogP contribution in [0.1, 0.15) is 5.56 Å². The molecule has 0 aliphatic carbocycles. The minimum absolute atomic E-state index is 0.101. The Hall–Kier alpha value is -2.28. The Labute approximate surface area is 123 Å². The molecule has 2 aromatic heterocycles. The summed E-state index contributed by atoms with van der Waals surface area (Å²) in [5.74, 6) is -0.101. The zero-order valence-corrected chi connectivity index (χ0v) is 11.6. The fraction of sp³-hybridized carbons (Fsp3) is 0.143. The van der Waals surface area contributed by atoms with Crippen LogP contribution in [0.15, 0.2) is 42.5 Å². The van der Waals surface area contributed by atoms with Crippen molar-refractivity contribution in [1.82, 2.24) is 9.97 Å². The number of rotatable bonds is 5. The molecule has 0 unspecified atom stereocenters.